The normalized spacial score (nSPS) is 20.3. The number of likely N-dealkylation sites (tertiary alicyclic amines) is 1. The number of halogens is 2. The molecule has 0 saturated carbocycles. The highest BCUT2D eigenvalue weighted by molar-refractivity contribution is 5.24. The van der Waals surface area contributed by atoms with E-state index in [1.807, 2.05) is 11.6 Å². The van der Waals surface area contributed by atoms with Crippen LogP contribution in [0.25, 0.3) is 0 Å². The van der Waals surface area contributed by atoms with Crippen molar-refractivity contribution in [2.45, 2.75) is 52.6 Å². The molecule has 1 aliphatic heterocycles. The predicted molar refractivity (Wildman–Crippen MR) is 66.8 cm³/mol. The quantitative estimate of drug-likeness (QED) is 0.830. The van der Waals surface area contributed by atoms with Gasteiger partial charge in [-0.2, -0.15) is 5.10 Å². The van der Waals surface area contributed by atoms with Gasteiger partial charge in [0.1, 0.15) is 0 Å². The Balaban J connectivity index is 2.04. The highest BCUT2D eigenvalue weighted by Gasteiger charge is 2.34. The molecule has 0 amide bonds. The zero-order valence-corrected chi connectivity index (χ0v) is 11.3. The van der Waals surface area contributed by atoms with E-state index in [9.17, 15) is 8.78 Å². The van der Waals surface area contributed by atoms with Crippen LogP contribution >= 0.6 is 0 Å². The molecule has 0 unspecified atom stereocenters. The minimum Gasteiger partial charge on any atom is -0.298 e. The fourth-order valence-corrected chi connectivity index (χ4v) is 2.53. The number of hydrogen-bond donors (Lipinski definition) is 0. The maximum atomic E-state index is 13.1. The number of aromatic nitrogens is 2. The Morgan fingerprint density at radius 1 is 1.22 bits per heavy atom. The molecule has 0 N–H and O–H groups in total. The van der Waals surface area contributed by atoms with Crippen molar-refractivity contribution in [3.63, 3.8) is 0 Å². The van der Waals surface area contributed by atoms with Gasteiger partial charge in [-0.3, -0.25) is 9.58 Å². The molecule has 0 atom stereocenters. The summed E-state index contributed by atoms with van der Waals surface area (Å²) < 4.78 is 28.2. The fourth-order valence-electron chi connectivity index (χ4n) is 2.53. The standard InChI is InChI=1S/C13H21F2N3/c1-4-18-11(3)12(10(2)16-18)9-17-7-5-13(14,15)6-8-17/h4-9H2,1-3H3. The summed E-state index contributed by atoms with van der Waals surface area (Å²) in [5.41, 5.74) is 3.38. The van der Waals surface area contributed by atoms with Crippen molar-refractivity contribution < 1.29 is 8.78 Å². The molecular weight excluding hydrogens is 236 g/mol. The van der Waals surface area contributed by atoms with Crippen molar-refractivity contribution in [2.24, 2.45) is 0 Å². The van der Waals surface area contributed by atoms with E-state index in [2.05, 4.69) is 23.8 Å². The van der Waals surface area contributed by atoms with Crippen LogP contribution in [0.1, 0.15) is 36.7 Å². The zero-order chi connectivity index (χ0) is 13.3. The summed E-state index contributed by atoms with van der Waals surface area (Å²) >= 11 is 0. The van der Waals surface area contributed by atoms with Crippen molar-refractivity contribution in [1.82, 2.24) is 14.7 Å². The Kier molecular flexibility index (Phi) is 3.71. The molecule has 102 valence electrons. The summed E-state index contributed by atoms with van der Waals surface area (Å²) in [5.74, 6) is -2.46. The molecule has 1 aromatic rings. The minimum atomic E-state index is -2.46. The summed E-state index contributed by atoms with van der Waals surface area (Å²) in [6, 6.07) is 0. The molecule has 1 aliphatic rings. The van der Waals surface area contributed by atoms with Crippen LogP contribution in [-0.4, -0.2) is 33.7 Å². The molecule has 0 radical (unpaired) electrons. The summed E-state index contributed by atoms with van der Waals surface area (Å²) in [5, 5.41) is 4.46. The Labute approximate surface area is 107 Å². The second-order valence-corrected chi connectivity index (χ2v) is 5.10. The Morgan fingerprint density at radius 2 is 1.83 bits per heavy atom. The van der Waals surface area contributed by atoms with Gasteiger partial charge in [0.2, 0.25) is 0 Å². The first kappa shape index (κ1) is 13.5. The predicted octanol–water partition coefficient (Wildman–Crippen LogP) is 2.75. The number of rotatable bonds is 3. The van der Waals surface area contributed by atoms with Gasteiger partial charge >= 0.3 is 0 Å². The Hall–Kier alpha value is -0.970. The van der Waals surface area contributed by atoms with Crippen LogP contribution in [0.3, 0.4) is 0 Å². The van der Waals surface area contributed by atoms with Gasteiger partial charge in [0.15, 0.2) is 0 Å². The van der Waals surface area contributed by atoms with Crippen molar-refractivity contribution in [2.75, 3.05) is 13.1 Å². The smallest absolute Gasteiger partial charge is 0.250 e. The van der Waals surface area contributed by atoms with E-state index in [4.69, 9.17) is 0 Å². The third-order valence-electron chi connectivity index (χ3n) is 3.80. The van der Waals surface area contributed by atoms with Crippen LogP contribution in [0, 0.1) is 13.8 Å². The van der Waals surface area contributed by atoms with Crippen LogP contribution in [-0.2, 0) is 13.1 Å². The molecule has 5 heteroatoms. The van der Waals surface area contributed by atoms with Crippen LogP contribution in [0.4, 0.5) is 8.78 Å². The number of piperidine rings is 1. The number of hydrogen-bond acceptors (Lipinski definition) is 2. The number of alkyl halides is 2. The van der Waals surface area contributed by atoms with E-state index in [0.29, 0.717) is 13.1 Å². The molecular formula is C13H21F2N3. The Morgan fingerprint density at radius 3 is 2.33 bits per heavy atom. The lowest BCUT2D eigenvalue weighted by Gasteiger charge is -2.31. The van der Waals surface area contributed by atoms with Crippen molar-refractivity contribution >= 4 is 0 Å². The zero-order valence-electron chi connectivity index (χ0n) is 11.3. The third-order valence-corrected chi connectivity index (χ3v) is 3.80. The van der Waals surface area contributed by atoms with E-state index in [0.717, 1.165) is 24.5 Å². The maximum absolute atomic E-state index is 13.1. The number of aryl methyl sites for hydroxylation is 2. The molecule has 2 rings (SSSR count). The maximum Gasteiger partial charge on any atom is 0.250 e. The monoisotopic (exact) mass is 257 g/mol. The van der Waals surface area contributed by atoms with Gasteiger partial charge in [0.05, 0.1) is 5.69 Å². The summed E-state index contributed by atoms with van der Waals surface area (Å²) in [6.07, 6.45) is -0.0416. The fraction of sp³-hybridized carbons (Fsp3) is 0.769. The number of nitrogens with zero attached hydrogens (tertiary/aromatic N) is 3. The van der Waals surface area contributed by atoms with E-state index in [1.165, 1.54) is 5.56 Å². The summed E-state index contributed by atoms with van der Waals surface area (Å²) in [7, 11) is 0. The lowest BCUT2D eigenvalue weighted by molar-refractivity contribution is -0.0566. The molecule has 1 saturated heterocycles. The average Bonchev–Trinajstić information content (AvgIpc) is 2.59. The van der Waals surface area contributed by atoms with Crippen LogP contribution in [0.15, 0.2) is 0 Å². The summed E-state index contributed by atoms with van der Waals surface area (Å²) in [6.45, 7) is 8.65. The van der Waals surface area contributed by atoms with E-state index >= 15 is 0 Å². The molecule has 0 bridgehead atoms. The van der Waals surface area contributed by atoms with E-state index < -0.39 is 5.92 Å². The minimum absolute atomic E-state index is 0.0208. The van der Waals surface area contributed by atoms with Crippen molar-refractivity contribution in [1.29, 1.82) is 0 Å². The lowest BCUT2D eigenvalue weighted by Crippen LogP contribution is -2.39. The van der Waals surface area contributed by atoms with Gasteiger partial charge in [0, 0.05) is 50.3 Å². The first-order chi connectivity index (χ1) is 8.43. The van der Waals surface area contributed by atoms with Gasteiger partial charge < -0.3 is 0 Å². The van der Waals surface area contributed by atoms with Gasteiger partial charge in [-0.05, 0) is 20.8 Å². The van der Waals surface area contributed by atoms with Gasteiger partial charge in [0.25, 0.3) is 5.92 Å². The second-order valence-electron chi connectivity index (χ2n) is 5.10. The van der Waals surface area contributed by atoms with Crippen LogP contribution in [0.5, 0.6) is 0 Å². The van der Waals surface area contributed by atoms with Crippen molar-refractivity contribution in [3.8, 4) is 0 Å². The van der Waals surface area contributed by atoms with Gasteiger partial charge in [-0.25, -0.2) is 8.78 Å². The highest BCUT2D eigenvalue weighted by atomic mass is 19.3. The highest BCUT2D eigenvalue weighted by Crippen LogP contribution is 2.29. The van der Waals surface area contributed by atoms with Crippen LogP contribution < -0.4 is 0 Å². The molecule has 0 spiro atoms. The molecule has 1 aromatic heterocycles. The van der Waals surface area contributed by atoms with E-state index in [1.54, 1.807) is 0 Å². The Bertz CT molecular complexity index is 416. The first-order valence-electron chi connectivity index (χ1n) is 6.56. The van der Waals surface area contributed by atoms with Gasteiger partial charge in [-0.1, -0.05) is 0 Å². The third kappa shape index (κ3) is 2.71. The first-order valence-corrected chi connectivity index (χ1v) is 6.56. The lowest BCUT2D eigenvalue weighted by atomic mass is 10.1. The molecule has 0 aliphatic carbocycles. The van der Waals surface area contributed by atoms with Crippen molar-refractivity contribution in [3.05, 3.63) is 17.0 Å². The van der Waals surface area contributed by atoms with Crippen LogP contribution in [0.2, 0.25) is 0 Å². The average molecular weight is 257 g/mol. The second kappa shape index (κ2) is 4.96. The van der Waals surface area contributed by atoms with Gasteiger partial charge in [-0.15, -0.1) is 0 Å². The molecule has 1 fully saturated rings. The molecule has 0 aromatic carbocycles. The van der Waals surface area contributed by atoms with E-state index in [-0.39, 0.29) is 12.8 Å². The molecule has 3 nitrogen and oxygen atoms in total. The molecule has 2 heterocycles. The largest absolute Gasteiger partial charge is 0.298 e. The SMILES string of the molecule is CCn1nc(C)c(CN2CCC(F)(F)CC2)c1C. The summed E-state index contributed by atoms with van der Waals surface area (Å²) in [4.78, 5) is 2.11. The molecule has 18 heavy (non-hydrogen) atoms. The topological polar surface area (TPSA) is 21.1 Å².